The van der Waals surface area contributed by atoms with Crippen LogP contribution in [0.3, 0.4) is 0 Å². The molecule has 2 N–H and O–H groups in total. The number of furan rings is 1. The number of hydrogen-bond donors (Lipinski definition) is 2. The van der Waals surface area contributed by atoms with Crippen molar-refractivity contribution in [1.82, 2.24) is 4.72 Å². The van der Waals surface area contributed by atoms with E-state index in [-0.39, 0.29) is 28.0 Å². The Balaban J connectivity index is 2.17. The lowest BCUT2D eigenvalue weighted by Crippen LogP contribution is -2.37. The summed E-state index contributed by atoms with van der Waals surface area (Å²) in [6.45, 7) is 3.90. The molecule has 1 fully saturated rings. The Morgan fingerprint density at radius 1 is 1.50 bits per heavy atom. The van der Waals surface area contributed by atoms with E-state index in [4.69, 9.17) is 9.52 Å². The number of aliphatic hydroxyl groups is 1. The molecule has 0 saturated heterocycles. The van der Waals surface area contributed by atoms with Crippen LogP contribution >= 0.6 is 15.9 Å². The van der Waals surface area contributed by atoms with Crippen molar-refractivity contribution in [3.8, 4) is 0 Å². The second kappa shape index (κ2) is 6.17. The Morgan fingerprint density at radius 2 is 2.20 bits per heavy atom. The summed E-state index contributed by atoms with van der Waals surface area (Å²) in [6, 6.07) is 1.31. The van der Waals surface area contributed by atoms with Crippen molar-refractivity contribution in [2.24, 2.45) is 11.8 Å². The number of aliphatic hydroxyl groups excluding tert-OH is 1. The van der Waals surface area contributed by atoms with Crippen LogP contribution in [0.15, 0.2) is 20.0 Å². The van der Waals surface area contributed by atoms with Crippen molar-refractivity contribution in [2.45, 2.75) is 50.7 Å². The summed E-state index contributed by atoms with van der Waals surface area (Å²) in [7, 11) is -3.63. The molecule has 5 nitrogen and oxygen atoms in total. The van der Waals surface area contributed by atoms with Gasteiger partial charge in [-0.05, 0) is 40.6 Å². The summed E-state index contributed by atoms with van der Waals surface area (Å²) < 4.78 is 32.8. The Kier molecular flexibility index (Phi) is 4.94. The second-order valence-electron chi connectivity index (χ2n) is 5.34. The van der Waals surface area contributed by atoms with Crippen LogP contribution in [0.1, 0.15) is 38.9 Å². The molecule has 20 heavy (non-hydrogen) atoms. The van der Waals surface area contributed by atoms with Gasteiger partial charge in [0.1, 0.15) is 17.3 Å². The molecule has 1 saturated carbocycles. The van der Waals surface area contributed by atoms with Crippen LogP contribution in [-0.4, -0.2) is 19.6 Å². The zero-order chi connectivity index (χ0) is 14.9. The average molecular weight is 366 g/mol. The van der Waals surface area contributed by atoms with Crippen LogP contribution in [0.2, 0.25) is 0 Å². The average Bonchev–Trinajstić information content (AvgIpc) is 2.94. The van der Waals surface area contributed by atoms with E-state index in [9.17, 15) is 8.42 Å². The first-order chi connectivity index (χ1) is 9.39. The standard InChI is InChI=1S/C13H20BrNO4S/c1-3-9-4-5-11(8(9)2)15-20(17,18)12-6-10(7-16)19-13(12)14/h6,8-9,11,15-16H,3-5,7H2,1-2H3. The van der Waals surface area contributed by atoms with E-state index in [1.807, 2.05) is 0 Å². The molecule has 1 aliphatic rings. The van der Waals surface area contributed by atoms with Gasteiger partial charge >= 0.3 is 0 Å². The fraction of sp³-hybridized carbons (Fsp3) is 0.692. The predicted octanol–water partition coefficient (Wildman–Crippen LogP) is 2.64. The van der Waals surface area contributed by atoms with E-state index in [0.717, 1.165) is 19.3 Å². The molecule has 1 heterocycles. The lowest BCUT2D eigenvalue weighted by Gasteiger charge is -2.20. The smallest absolute Gasteiger partial charge is 0.245 e. The van der Waals surface area contributed by atoms with Gasteiger partial charge in [-0.3, -0.25) is 0 Å². The zero-order valence-electron chi connectivity index (χ0n) is 11.6. The van der Waals surface area contributed by atoms with Gasteiger partial charge in [0.2, 0.25) is 10.0 Å². The molecule has 1 aliphatic carbocycles. The summed E-state index contributed by atoms with van der Waals surface area (Å²) in [5.41, 5.74) is 0. The number of nitrogens with one attached hydrogen (secondary N) is 1. The maximum Gasteiger partial charge on any atom is 0.245 e. The first kappa shape index (κ1) is 16.0. The lowest BCUT2D eigenvalue weighted by molar-refractivity contribution is 0.245. The van der Waals surface area contributed by atoms with E-state index < -0.39 is 10.0 Å². The monoisotopic (exact) mass is 365 g/mol. The van der Waals surface area contributed by atoms with Crippen molar-refractivity contribution >= 4 is 26.0 Å². The van der Waals surface area contributed by atoms with Gasteiger partial charge < -0.3 is 9.52 Å². The summed E-state index contributed by atoms with van der Waals surface area (Å²) >= 11 is 3.09. The molecule has 2 rings (SSSR count). The SMILES string of the molecule is CCC1CCC(NS(=O)(=O)c2cc(CO)oc2Br)C1C. The summed E-state index contributed by atoms with van der Waals surface area (Å²) in [5.74, 6) is 1.13. The minimum atomic E-state index is -3.63. The van der Waals surface area contributed by atoms with E-state index in [2.05, 4.69) is 34.5 Å². The van der Waals surface area contributed by atoms with Gasteiger partial charge in [0, 0.05) is 12.1 Å². The minimum Gasteiger partial charge on any atom is -0.450 e. The third-order valence-corrected chi connectivity index (χ3v) is 6.56. The predicted molar refractivity (Wildman–Crippen MR) is 78.6 cm³/mol. The van der Waals surface area contributed by atoms with E-state index in [0.29, 0.717) is 11.8 Å². The maximum atomic E-state index is 12.4. The number of halogens is 1. The molecule has 1 aromatic rings. The Hall–Kier alpha value is -0.370. The second-order valence-corrected chi connectivity index (χ2v) is 7.74. The number of rotatable bonds is 5. The van der Waals surface area contributed by atoms with Crippen LogP contribution < -0.4 is 4.72 Å². The van der Waals surface area contributed by atoms with Gasteiger partial charge in [0.25, 0.3) is 0 Å². The molecule has 1 aromatic heterocycles. The molecule has 3 atom stereocenters. The molecule has 0 amide bonds. The van der Waals surface area contributed by atoms with Gasteiger partial charge in [-0.1, -0.05) is 20.3 Å². The van der Waals surface area contributed by atoms with Crippen LogP contribution in [-0.2, 0) is 16.6 Å². The normalized spacial score (nSPS) is 27.1. The highest BCUT2D eigenvalue weighted by molar-refractivity contribution is 9.10. The topological polar surface area (TPSA) is 79.5 Å². The molecule has 0 bridgehead atoms. The maximum absolute atomic E-state index is 12.4. The number of hydrogen-bond acceptors (Lipinski definition) is 4. The van der Waals surface area contributed by atoms with Crippen LogP contribution in [0.5, 0.6) is 0 Å². The van der Waals surface area contributed by atoms with Gasteiger partial charge in [-0.2, -0.15) is 0 Å². The summed E-state index contributed by atoms with van der Waals surface area (Å²) in [4.78, 5) is 0.0497. The molecule has 114 valence electrons. The summed E-state index contributed by atoms with van der Waals surface area (Å²) in [6.07, 6.45) is 2.99. The highest BCUT2D eigenvalue weighted by Gasteiger charge is 2.35. The molecule has 7 heteroatoms. The number of sulfonamides is 1. The molecule has 0 radical (unpaired) electrons. The zero-order valence-corrected chi connectivity index (χ0v) is 14.0. The first-order valence-corrected chi connectivity index (χ1v) is 9.08. The van der Waals surface area contributed by atoms with Crippen molar-refractivity contribution in [3.63, 3.8) is 0 Å². The Labute approximate surface area is 127 Å². The quantitative estimate of drug-likeness (QED) is 0.840. The van der Waals surface area contributed by atoms with Crippen LogP contribution in [0.4, 0.5) is 0 Å². The molecular weight excluding hydrogens is 346 g/mol. The molecule has 0 aromatic carbocycles. The van der Waals surface area contributed by atoms with E-state index in [1.54, 1.807) is 0 Å². The molecular formula is C13H20BrNO4S. The van der Waals surface area contributed by atoms with Crippen molar-refractivity contribution in [1.29, 1.82) is 0 Å². The lowest BCUT2D eigenvalue weighted by atomic mass is 9.94. The van der Waals surface area contributed by atoms with Crippen molar-refractivity contribution in [3.05, 3.63) is 16.5 Å². The molecule has 3 unspecified atom stereocenters. The van der Waals surface area contributed by atoms with Gasteiger partial charge in [0.15, 0.2) is 4.67 Å². The fourth-order valence-corrected chi connectivity index (χ4v) is 5.27. The van der Waals surface area contributed by atoms with E-state index >= 15 is 0 Å². The highest BCUT2D eigenvalue weighted by Crippen LogP contribution is 2.35. The third kappa shape index (κ3) is 3.10. The van der Waals surface area contributed by atoms with Crippen molar-refractivity contribution in [2.75, 3.05) is 0 Å². The third-order valence-electron chi connectivity index (χ3n) is 4.21. The Morgan fingerprint density at radius 3 is 2.70 bits per heavy atom. The Bertz CT molecular complexity index is 569. The molecule has 0 spiro atoms. The van der Waals surface area contributed by atoms with E-state index in [1.165, 1.54) is 6.07 Å². The fourth-order valence-electron chi connectivity index (χ4n) is 2.91. The first-order valence-electron chi connectivity index (χ1n) is 6.80. The van der Waals surface area contributed by atoms with Gasteiger partial charge in [-0.25, -0.2) is 13.1 Å². The van der Waals surface area contributed by atoms with Gasteiger partial charge in [-0.15, -0.1) is 0 Å². The minimum absolute atomic E-state index is 0.0377. The summed E-state index contributed by atoms with van der Waals surface area (Å²) in [5, 5.41) is 9.00. The van der Waals surface area contributed by atoms with Crippen LogP contribution in [0.25, 0.3) is 0 Å². The largest absolute Gasteiger partial charge is 0.450 e. The van der Waals surface area contributed by atoms with Crippen LogP contribution in [0, 0.1) is 11.8 Å². The van der Waals surface area contributed by atoms with Crippen molar-refractivity contribution < 1.29 is 17.9 Å². The highest BCUT2D eigenvalue weighted by atomic mass is 79.9. The molecule has 0 aliphatic heterocycles. The van der Waals surface area contributed by atoms with Gasteiger partial charge in [0.05, 0.1) is 0 Å².